The Morgan fingerprint density at radius 1 is 1.14 bits per heavy atom. The van der Waals surface area contributed by atoms with Crippen LogP contribution >= 0.6 is 0 Å². The first kappa shape index (κ1) is 13.2. The number of hydrogen-bond acceptors (Lipinski definition) is 5. The van der Waals surface area contributed by atoms with Crippen LogP contribution in [0.2, 0.25) is 0 Å². The van der Waals surface area contributed by atoms with Gasteiger partial charge in [0.1, 0.15) is 17.3 Å². The molecule has 1 aliphatic heterocycles. The van der Waals surface area contributed by atoms with Gasteiger partial charge in [0.25, 0.3) is 0 Å². The number of allylic oxidation sites excluding steroid dienone is 1. The first-order valence-electron chi connectivity index (χ1n) is 6.31. The first-order chi connectivity index (χ1) is 10.1. The van der Waals surface area contributed by atoms with E-state index in [4.69, 9.17) is 13.9 Å². The smallest absolute Gasteiger partial charge is 0.351 e. The normalized spacial score (nSPS) is 15.0. The van der Waals surface area contributed by atoms with Gasteiger partial charge < -0.3 is 13.9 Å². The van der Waals surface area contributed by atoms with Crippen LogP contribution in [0.25, 0.3) is 6.08 Å². The summed E-state index contributed by atoms with van der Waals surface area (Å²) in [6.45, 7) is 1.63. The third-order valence-corrected chi connectivity index (χ3v) is 3.12. The number of fused-ring (bicyclic) bond motifs is 1. The van der Waals surface area contributed by atoms with E-state index in [0.717, 1.165) is 11.3 Å². The maximum Gasteiger partial charge on any atom is 0.351 e. The number of hydrogen-bond donors (Lipinski definition) is 0. The van der Waals surface area contributed by atoms with E-state index in [9.17, 15) is 9.59 Å². The highest BCUT2D eigenvalue weighted by Crippen LogP contribution is 2.30. The molecule has 106 valence electrons. The van der Waals surface area contributed by atoms with Crippen molar-refractivity contribution in [3.8, 4) is 11.5 Å². The molecule has 0 unspecified atom stereocenters. The molecule has 0 saturated carbocycles. The number of Topliss-reactive ketones (excluding diaryl/α,β-unsaturated/α-hetero) is 1. The largest absolute Gasteiger partial charge is 0.497 e. The van der Waals surface area contributed by atoms with Crippen molar-refractivity contribution in [1.29, 1.82) is 0 Å². The molecule has 2 heterocycles. The molecule has 5 nitrogen and oxygen atoms in total. The standard InChI is InChI=1S/C16H12O5/c1-9-7-12-14(16(18)20-9)15(17)13(21-12)8-10-3-5-11(19-2)6-4-10/h3-8H,1-2H3/b13-8+. The first-order valence-corrected chi connectivity index (χ1v) is 6.31. The van der Waals surface area contributed by atoms with E-state index in [-0.39, 0.29) is 17.1 Å². The summed E-state index contributed by atoms with van der Waals surface area (Å²) in [5, 5.41) is 0. The molecular weight excluding hydrogens is 272 g/mol. The van der Waals surface area contributed by atoms with Gasteiger partial charge in [-0.15, -0.1) is 0 Å². The number of ketones is 1. The fourth-order valence-corrected chi connectivity index (χ4v) is 2.10. The van der Waals surface area contributed by atoms with E-state index in [0.29, 0.717) is 5.76 Å². The van der Waals surface area contributed by atoms with E-state index in [1.807, 2.05) is 0 Å². The predicted molar refractivity (Wildman–Crippen MR) is 75.6 cm³/mol. The fraction of sp³-hybridized carbons (Fsp3) is 0.125. The van der Waals surface area contributed by atoms with Crippen LogP contribution in [-0.4, -0.2) is 12.9 Å². The van der Waals surface area contributed by atoms with Gasteiger partial charge >= 0.3 is 5.63 Å². The molecule has 3 rings (SSSR count). The molecule has 1 aromatic carbocycles. The van der Waals surface area contributed by atoms with Crippen molar-refractivity contribution in [1.82, 2.24) is 0 Å². The van der Waals surface area contributed by atoms with Gasteiger partial charge in [-0.25, -0.2) is 4.79 Å². The van der Waals surface area contributed by atoms with Crippen molar-refractivity contribution in [3.63, 3.8) is 0 Å². The van der Waals surface area contributed by atoms with Crippen LogP contribution in [0.5, 0.6) is 11.5 Å². The Labute approximate surface area is 120 Å². The van der Waals surface area contributed by atoms with Crippen LogP contribution in [0.1, 0.15) is 21.7 Å². The quantitative estimate of drug-likeness (QED) is 0.793. The zero-order valence-corrected chi connectivity index (χ0v) is 11.5. The van der Waals surface area contributed by atoms with Crippen molar-refractivity contribution in [2.24, 2.45) is 0 Å². The average Bonchev–Trinajstić information content (AvgIpc) is 2.76. The Balaban J connectivity index is 1.98. The Bertz CT molecular complexity index is 796. The molecule has 0 bridgehead atoms. The lowest BCUT2D eigenvalue weighted by atomic mass is 10.1. The maximum absolute atomic E-state index is 12.2. The van der Waals surface area contributed by atoms with Crippen molar-refractivity contribution in [2.45, 2.75) is 6.92 Å². The highest BCUT2D eigenvalue weighted by molar-refractivity contribution is 6.14. The second-order valence-corrected chi connectivity index (χ2v) is 4.60. The number of ether oxygens (including phenoxy) is 2. The van der Waals surface area contributed by atoms with Crippen LogP contribution in [0, 0.1) is 6.92 Å². The van der Waals surface area contributed by atoms with Gasteiger partial charge in [-0.05, 0) is 30.7 Å². The Morgan fingerprint density at radius 3 is 2.52 bits per heavy atom. The number of aryl methyl sites for hydroxylation is 1. The summed E-state index contributed by atoms with van der Waals surface area (Å²) < 4.78 is 15.4. The minimum Gasteiger partial charge on any atom is -0.497 e. The molecule has 2 aromatic rings. The molecule has 0 atom stereocenters. The molecule has 0 N–H and O–H groups in total. The molecule has 1 aromatic heterocycles. The third kappa shape index (κ3) is 2.33. The maximum atomic E-state index is 12.2. The molecular formula is C16H12O5. The summed E-state index contributed by atoms with van der Waals surface area (Å²) in [7, 11) is 1.58. The molecule has 0 spiro atoms. The van der Waals surface area contributed by atoms with E-state index < -0.39 is 11.4 Å². The molecule has 0 saturated heterocycles. The molecule has 5 heteroatoms. The molecule has 1 aliphatic rings. The lowest BCUT2D eigenvalue weighted by Gasteiger charge is -2.01. The monoisotopic (exact) mass is 284 g/mol. The zero-order valence-electron chi connectivity index (χ0n) is 11.5. The van der Waals surface area contributed by atoms with E-state index in [2.05, 4.69) is 0 Å². The summed E-state index contributed by atoms with van der Waals surface area (Å²) >= 11 is 0. The van der Waals surface area contributed by atoms with E-state index in [1.165, 1.54) is 6.07 Å². The summed E-state index contributed by atoms with van der Waals surface area (Å²) in [5.74, 6) is 1.00. The lowest BCUT2D eigenvalue weighted by molar-refractivity contribution is 0.101. The minimum atomic E-state index is -0.673. The van der Waals surface area contributed by atoms with Gasteiger partial charge in [0, 0.05) is 6.07 Å². The highest BCUT2D eigenvalue weighted by atomic mass is 16.5. The van der Waals surface area contributed by atoms with Crippen LogP contribution in [0.4, 0.5) is 0 Å². The summed E-state index contributed by atoms with van der Waals surface area (Å²) in [5.41, 5.74) is 0.0431. The molecule has 0 radical (unpaired) electrons. The van der Waals surface area contributed by atoms with Gasteiger partial charge in [-0.3, -0.25) is 4.79 Å². The van der Waals surface area contributed by atoms with Crippen LogP contribution in [0.15, 0.2) is 45.3 Å². The van der Waals surface area contributed by atoms with E-state index in [1.54, 1.807) is 44.4 Å². The molecule has 0 aliphatic carbocycles. The zero-order chi connectivity index (χ0) is 15.0. The number of methoxy groups -OCH3 is 1. The second-order valence-electron chi connectivity index (χ2n) is 4.60. The third-order valence-electron chi connectivity index (χ3n) is 3.12. The highest BCUT2D eigenvalue weighted by Gasteiger charge is 2.31. The van der Waals surface area contributed by atoms with Crippen molar-refractivity contribution < 1.29 is 18.7 Å². The Hall–Kier alpha value is -2.82. The van der Waals surface area contributed by atoms with Gasteiger partial charge in [0.05, 0.1) is 7.11 Å². The van der Waals surface area contributed by atoms with Gasteiger partial charge in [0.2, 0.25) is 5.78 Å². The van der Waals surface area contributed by atoms with Crippen LogP contribution in [-0.2, 0) is 0 Å². The Morgan fingerprint density at radius 2 is 1.86 bits per heavy atom. The molecule has 0 amide bonds. The summed E-state index contributed by atoms with van der Waals surface area (Å²) in [4.78, 5) is 23.9. The average molecular weight is 284 g/mol. The van der Waals surface area contributed by atoms with E-state index >= 15 is 0 Å². The van der Waals surface area contributed by atoms with Crippen molar-refractivity contribution in [3.05, 3.63) is 63.4 Å². The summed E-state index contributed by atoms with van der Waals surface area (Å²) in [6.07, 6.45) is 1.58. The SMILES string of the molecule is COc1ccc(/C=C2/Oc3cc(C)oc(=O)c3C2=O)cc1. The molecule has 0 fully saturated rings. The van der Waals surface area contributed by atoms with Gasteiger partial charge in [-0.1, -0.05) is 12.1 Å². The van der Waals surface area contributed by atoms with Crippen molar-refractivity contribution in [2.75, 3.05) is 7.11 Å². The number of carbonyl (C=O) groups excluding carboxylic acids is 1. The van der Waals surface area contributed by atoms with Gasteiger partial charge in [0.15, 0.2) is 11.3 Å². The van der Waals surface area contributed by atoms with Crippen LogP contribution in [0.3, 0.4) is 0 Å². The fourth-order valence-electron chi connectivity index (χ4n) is 2.10. The summed E-state index contributed by atoms with van der Waals surface area (Å²) in [6, 6.07) is 8.66. The van der Waals surface area contributed by atoms with Crippen molar-refractivity contribution >= 4 is 11.9 Å². The topological polar surface area (TPSA) is 65.7 Å². The minimum absolute atomic E-state index is 0.0552. The van der Waals surface area contributed by atoms with Gasteiger partial charge in [-0.2, -0.15) is 0 Å². The second kappa shape index (κ2) is 4.94. The number of carbonyl (C=O) groups is 1. The van der Waals surface area contributed by atoms with Crippen LogP contribution < -0.4 is 15.1 Å². The number of benzene rings is 1. The predicted octanol–water partition coefficient (Wildman–Crippen LogP) is 2.57. The lowest BCUT2D eigenvalue weighted by Crippen LogP contribution is -2.10. The number of rotatable bonds is 2. The Kier molecular flexibility index (Phi) is 3.10. The molecule has 21 heavy (non-hydrogen) atoms.